The van der Waals surface area contributed by atoms with Gasteiger partial charge in [0.15, 0.2) is 6.10 Å². The maximum absolute atomic E-state index is 12.8. The van der Waals surface area contributed by atoms with Crippen molar-refractivity contribution in [3.05, 3.63) is 40.2 Å². The van der Waals surface area contributed by atoms with Crippen LogP contribution in [0, 0.1) is 0 Å². The van der Waals surface area contributed by atoms with Gasteiger partial charge < -0.3 is 28.4 Å². The number of carbonyl (C=O) groups is 1. The topological polar surface area (TPSA) is 87.0 Å². The lowest BCUT2D eigenvalue weighted by Crippen LogP contribution is -2.54. The van der Waals surface area contributed by atoms with Crippen molar-refractivity contribution in [2.45, 2.75) is 59.4 Å². The van der Waals surface area contributed by atoms with Crippen LogP contribution in [-0.4, -0.2) is 61.6 Å². The lowest BCUT2D eigenvalue weighted by Gasteiger charge is -2.43. The Hall–Kier alpha value is -2.58. The van der Waals surface area contributed by atoms with E-state index in [0.29, 0.717) is 30.0 Å². The minimum absolute atomic E-state index is 0.388. The third-order valence-electron chi connectivity index (χ3n) is 6.85. The molecule has 0 saturated carbocycles. The first-order valence-electron chi connectivity index (χ1n) is 11.9. The maximum atomic E-state index is 12.8. The summed E-state index contributed by atoms with van der Waals surface area (Å²) in [4.78, 5) is 24.8. The molecule has 2 heterocycles. The van der Waals surface area contributed by atoms with Gasteiger partial charge in [-0.05, 0) is 59.7 Å². The van der Waals surface area contributed by atoms with Gasteiger partial charge in [0.2, 0.25) is 0 Å². The highest BCUT2D eigenvalue weighted by Gasteiger charge is 2.48. The van der Waals surface area contributed by atoms with Gasteiger partial charge in [0, 0.05) is 18.1 Å². The monoisotopic (exact) mass is 461 g/mol. The van der Waals surface area contributed by atoms with E-state index < -0.39 is 29.5 Å². The molecular formula is C25H37N2O6+. The Labute approximate surface area is 195 Å². The molecule has 33 heavy (non-hydrogen) atoms. The average molecular weight is 462 g/mol. The van der Waals surface area contributed by atoms with Gasteiger partial charge in [0.25, 0.3) is 0 Å². The maximum Gasteiger partial charge on any atom is 0.407 e. The van der Waals surface area contributed by atoms with Gasteiger partial charge in [0.1, 0.15) is 23.0 Å². The van der Waals surface area contributed by atoms with Crippen molar-refractivity contribution in [1.82, 2.24) is 5.32 Å². The predicted octanol–water partition coefficient (Wildman–Crippen LogP) is 4.01. The van der Waals surface area contributed by atoms with Crippen LogP contribution in [0.4, 0.5) is 4.79 Å². The van der Waals surface area contributed by atoms with E-state index in [4.69, 9.17) is 18.6 Å². The first-order chi connectivity index (χ1) is 15.7. The average Bonchev–Trinajstić information content (AvgIpc) is 2.78. The lowest BCUT2D eigenvalue weighted by atomic mass is 9.87. The number of ether oxygens (including phenoxy) is 3. The van der Waals surface area contributed by atoms with Crippen LogP contribution in [0.3, 0.4) is 0 Å². The van der Waals surface area contributed by atoms with E-state index in [9.17, 15) is 9.59 Å². The minimum atomic E-state index is -0.858. The zero-order chi connectivity index (χ0) is 24.2. The van der Waals surface area contributed by atoms with Gasteiger partial charge in [-0.2, -0.15) is 0 Å². The molecule has 2 aromatic rings. The van der Waals surface area contributed by atoms with Gasteiger partial charge in [0.05, 0.1) is 38.3 Å². The van der Waals surface area contributed by atoms with Crippen LogP contribution in [0.2, 0.25) is 0 Å². The summed E-state index contributed by atoms with van der Waals surface area (Å²) in [7, 11) is 0. The van der Waals surface area contributed by atoms with Crippen LogP contribution in [0.25, 0.3) is 11.0 Å². The van der Waals surface area contributed by atoms with Crippen LogP contribution in [0.15, 0.2) is 33.5 Å². The molecule has 3 rings (SSSR count). The Morgan fingerprint density at radius 3 is 2.39 bits per heavy atom. The normalized spacial score (nSPS) is 19.6. The van der Waals surface area contributed by atoms with Crippen molar-refractivity contribution in [3.63, 3.8) is 0 Å². The summed E-state index contributed by atoms with van der Waals surface area (Å²) in [5.41, 5.74) is -0.347. The Kier molecular flexibility index (Phi) is 7.69. The van der Waals surface area contributed by atoms with Gasteiger partial charge >= 0.3 is 11.7 Å². The number of alkyl carbamates (subject to hydrolysis) is 1. The number of fused-ring (bicyclic) bond motifs is 3. The molecule has 1 aromatic heterocycles. The molecule has 1 aromatic carbocycles. The molecule has 0 bridgehead atoms. The quantitative estimate of drug-likeness (QED) is 0.448. The fourth-order valence-electron chi connectivity index (χ4n) is 4.60. The minimum Gasteiger partial charge on any atom is -0.483 e. The molecule has 8 nitrogen and oxygen atoms in total. The zero-order valence-electron chi connectivity index (χ0n) is 20.6. The molecule has 0 unspecified atom stereocenters. The Bertz CT molecular complexity index is 1020. The standard InChI is InChI=1S/C25H36N2O6/c1-7-27(8-2,9-3)16-15-26-24(29)32-23-22(30-10-4)20-18(33-25(23,5)6)13-11-17-12-14-19(28)31-21(17)20/h11-14,22-23H,7-10,15-16H2,1-6H3/p+1/t22-,23-/m1/s1. The van der Waals surface area contributed by atoms with E-state index in [1.807, 2.05) is 32.9 Å². The number of nitrogens with zero attached hydrogens (tertiary/aromatic N) is 1. The zero-order valence-corrected chi connectivity index (χ0v) is 20.6. The number of benzene rings is 1. The number of carbonyl (C=O) groups excluding carboxylic acids is 1. The van der Waals surface area contributed by atoms with Crippen LogP contribution < -0.4 is 15.7 Å². The lowest BCUT2D eigenvalue weighted by molar-refractivity contribution is -0.922. The van der Waals surface area contributed by atoms with Crippen molar-refractivity contribution in [2.75, 3.05) is 39.3 Å². The molecule has 182 valence electrons. The van der Waals surface area contributed by atoms with Crippen molar-refractivity contribution >= 4 is 17.1 Å². The Balaban J connectivity index is 1.86. The number of hydrogen-bond acceptors (Lipinski definition) is 6. The van der Waals surface area contributed by atoms with E-state index in [-0.39, 0.29) is 0 Å². The van der Waals surface area contributed by atoms with Crippen LogP contribution in [0.1, 0.15) is 53.2 Å². The number of quaternary nitrogens is 1. The van der Waals surface area contributed by atoms with Crippen LogP contribution >= 0.6 is 0 Å². The number of hydrogen-bond donors (Lipinski definition) is 1. The summed E-state index contributed by atoms with van der Waals surface area (Å²) in [6.45, 7) is 16.8. The Morgan fingerprint density at radius 1 is 1.09 bits per heavy atom. The number of rotatable bonds is 9. The summed E-state index contributed by atoms with van der Waals surface area (Å²) in [5.74, 6) is 0.552. The van der Waals surface area contributed by atoms with Gasteiger partial charge in [-0.15, -0.1) is 0 Å². The second-order valence-corrected chi connectivity index (χ2v) is 9.00. The molecule has 0 aliphatic carbocycles. The van der Waals surface area contributed by atoms with Crippen LogP contribution in [-0.2, 0) is 9.47 Å². The van der Waals surface area contributed by atoms with Gasteiger partial charge in [-0.25, -0.2) is 9.59 Å². The van der Waals surface area contributed by atoms with Gasteiger partial charge in [-0.3, -0.25) is 0 Å². The van der Waals surface area contributed by atoms with Gasteiger partial charge in [-0.1, -0.05) is 0 Å². The highest BCUT2D eigenvalue weighted by molar-refractivity contribution is 5.83. The molecule has 0 spiro atoms. The van der Waals surface area contributed by atoms with E-state index >= 15 is 0 Å². The number of likely N-dealkylation sites (N-methyl/N-ethyl adjacent to an activating group) is 1. The fourth-order valence-corrected chi connectivity index (χ4v) is 4.60. The molecule has 1 N–H and O–H groups in total. The largest absolute Gasteiger partial charge is 0.483 e. The summed E-state index contributed by atoms with van der Waals surface area (Å²) in [6, 6.07) is 6.75. The second-order valence-electron chi connectivity index (χ2n) is 9.00. The summed E-state index contributed by atoms with van der Waals surface area (Å²) in [6.07, 6.45) is -1.91. The summed E-state index contributed by atoms with van der Waals surface area (Å²) >= 11 is 0. The molecular weight excluding hydrogens is 424 g/mol. The second kappa shape index (κ2) is 10.1. The molecule has 0 saturated heterocycles. The highest BCUT2D eigenvalue weighted by atomic mass is 16.6. The molecule has 8 heteroatoms. The number of amides is 1. The first kappa shape index (κ1) is 25.1. The first-order valence-corrected chi connectivity index (χ1v) is 11.9. The molecule has 1 aliphatic heterocycles. The van der Waals surface area contributed by atoms with Crippen molar-refractivity contribution in [1.29, 1.82) is 0 Å². The smallest absolute Gasteiger partial charge is 0.407 e. The molecule has 2 atom stereocenters. The molecule has 1 aliphatic rings. The van der Waals surface area contributed by atoms with E-state index in [2.05, 4.69) is 26.1 Å². The Morgan fingerprint density at radius 2 is 1.76 bits per heavy atom. The van der Waals surface area contributed by atoms with E-state index in [1.54, 1.807) is 6.07 Å². The third-order valence-corrected chi connectivity index (χ3v) is 6.85. The molecule has 0 radical (unpaired) electrons. The molecule has 1 amide bonds. The highest BCUT2D eigenvalue weighted by Crippen LogP contribution is 2.46. The fraction of sp³-hybridized carbons (Fsp3) is 0.600. The van der Waals surface area contributed by atoms with E-state index in [0.717, 1.165) is 36.0 Å². The summed E-state index contributed by atoms with van der Waals surface area (Å²) < 4.78 is 24.6. The van der Waals surface area contributed by atoms with Crippen molar-refractivity contribution < 1.29 is 27.9 Å². The molecule has 0 fully saturated rings. The van der Waals surface area contributed by atoms with Crippen LogP contribution in [0.5, 0.6) is 5.75 Å². The SMILES string of the molecule is CCO[C@@H]1c2c(ccc3ccc(=O)oc23)OC(C)(C)[C@@H]1OC(=O)NCC[N+](CC)(CC)CC. The number of nitrogens with one attached hydrogen (secondary N) is 1. The van der Waals surface area contributed by atoms with Crippen molar-refractivity contribution in [2.24, 2.45) is 0 Å². The third kappa shape index (κ3) is 5.17. The predicted molar refractivity (Wildman–Crippen MR) is 127 cm³/mol. The van der Waals surface area contributed by atoms with Crippen molar-refractivity contribution in [3.8, 4) is 5.75 Å². The summed E-state index contributed by atoms with van der Waals surface area (Å²) in [5, 5.41) is 3.65. The van der Waals surface area contributed by atoms with E-state index in [1.165, 1.54) is 6.07 Å².